The summed E-state index contributed by atoms with van der Waals surface area (Å²) in [6.45, 7) is 0. The molecule has 0 aliphatic heterocycles. The number of benzene rings is 1. The summed E-state index contributed by atoms with van der Waals surface area (Å²) in [7, 11) is 0. The molecule has 1 aromatic rings. The molecule has 1 atom stereocenters. The topological polar surface area (TPSA) is 66.2 Å². The van der Waals surface area contributed by atoms with E-state index in [1.165, 1.54) is 12.1 Å². The van der Waals surface area contributed by atoms with Gasteiger partial charge in [0.05, 0.1) is 0 Å². The van der Waals surface area contributed by atoms with E-state index in [2.05, 4.69) is 0 Å². The molecule has 0 saturated carbocycles. The van der Waals surface area contributed by atoms with Crippen LogP contribution in [-0.4, -0.2) is 20.6 Å². The van der Waals surface area contributed by atoms with Gasteiger partial charge in [0.15, 0.2) is 0 Å². The van der Waals surface area contributed by atoms with Crippen molar-refractivity contribution < 1.29 is 36.0 Å². The molecule has 5 heteroatoms. The summed E-state index contributed by atoms with van der Waals surface area (Å²) in [4.78, 5) is 0. The van der Waals surface area contributed by atoms with Crippen molar-refractivity contribution in [3.05, 3.63) is 24.3 Å². The van der Waals surface area contributed by atoms with Crippen molar-refractivity contribution in [2.45, 2.75) is 0 Å². The average molecular weight is 270 g/mol. The summed E-state index contributed by atoms with van der Waals surface area (Å²) < 4.78 is 21.3. The van der Waals surface area contributed by atoms with Gasteiger partial charge in [0.1, 0.15) is 0 Å². The molecule has 0 aromatic heterocycles. The summed E-state index contributed by atoms with van der Waals surface area (Å²) >= 11 is -3.61. The van der Waals surface area contributed by atoms with Crippen LogP contribution in [0, 0.1) is 0 Å². The van der Waals surface area contributed by atoms with Crippen molar-refractivity contribution in [1.29, 1.82) is 0 Å². The quantitative estimate of drug-likeness (QED) is 0.413. The van der Waals surface area contributed by atoms with Crippen LogP contribution in [0.1, 0.15) is 0 Å². The van der Waals surface area contributed by atoms with Gasteiger partial charge in [-0.25, -0.2) is 0 Å². The van der Waals surface area contributed by atoms with E-state index in [9.17, 15) is 6.40 Å². The maximum absolute atomic E-state index is 10.4. The minimum atomic E-state index is -3.61. The molecule has 1 aromatic carbocycles. The molecule has 0 amide bonds. The number of anilines is 1. The van der Waals surface area contributed by atoms with Crippen molar-refractivity contribution in [3.8, 4) is 0 Å². The molecule has 0 heterocycles. The summed E-state index contributed by atoms with van der Waals surface area (Å²) in [5.41, 5.74) is 5.94. The molecule has 0 aliphatic carbocycles. The fourth-order valence-corrected chi connectivity index (χ4v) is 1.87. The summed E-state index contributed by atoms with van der Waals surface area (Å²) in [6, 6.07) is 6.24. The summed E-state index contributed by atoms with van der Waals surface area (Å²) in [6.07, 6.45) is 0. The van der Waals surface area contributed by atoms with Crippen molar-refractivity contribution >= 4 is 29.8 Å². The van der Waals surface area contributed by atoms with Crippen LogP contribution in [0.15, 0.2) is 24.3 Å². The van der Waals surface area contributed by atoms with E-state index in [4.69, 9.17) is 5.73 Å². The van der Waals surface area contributed by atoms with E-state index in [0.717, 1.165) is 0 Å². The Morgan fingerprint density at radius 2 is 1.73 bits per heavy atom. The van der Waals surface area contributed by atoms with Crippen LogP contribution in [0.4, 0.5) is 5.69 Å². The first-order valence-corrected chi connectivity index (χ1v) is 6.53. The number of nitrogen functional groups attached to an aromatic ring is 1. The smallest absolute Gasteiger partial charge is 1.00 e. The minimum Gasteiger partial charge on any atom is 1.00 e. The predicted octanol–water partition coefficient (Wildman–Crippen LogP) is -4.51. The van der Waals surface area contributed by atoms with Gasteiger partial charge in [0.25, 0.3) is 0 Å². The largest absolute Gasteiger partial charge is 1.00 e. The monoisotopic (exact) mass is 269 g/mol. The van der Waals surface area contributed by atoms with Crippen LogP contribution in [0.2, 0.25) is 0 Å². The fourth-order valence-electron chi connectivity index (χ4n) is 0.619. The maximum atomic E-state index is 10.4. The molecule has 11 heavy (non-hydrogen) atoms. The Morgan fingerprint density at radius 3 is 2.09 bits per heavy atom. The minimum absolute atomic E-state index is 0. The fraction of sp³-hybridized carbons (Fsp3) is 0. The summed E-state index contributed by atoms with van der Waals surface area (Å²) in [5.74, 6) is 0. The Kier molecular flexibility index (Phi) is 5.57. The van der Waals surface area contributed by atoms with Crippen LogP contribution in [0.25, 0.3) is 0 Å². The third kappa shape index (κ3) is 3.68. The van der Waals surface area contributed by atoms with Crippen molar-refractivity contribution in [3.63, 3.8) is 0 Å². The second-order valence-electron chi connectivity index (χ2n) is 1.91. The van der Waals surface area contributed by atoms with Gasteiger partial charge in [-0.3, -0.25) is 0 Å². The van der Waals surface area contributed by atoms with E-state index in [1.807, 2.05) is 0 Å². The molecule has 0 saturated heterocycles. The third-order valence-electron chi connectivity index (χ3n) is 1.15. The standard InChI is InChI=1S/C6H6N.Na.2O.Sb.H/c7-6-4-2-1-3-5-6;;;;;/h2-5H,7H2;;;;;/q;+1;;-1;;. The second kappa shape index (κ2) is 5.28. The van der Waals surface area contributed by atoms with Gasteiger partial charge in [0, 0.05) is 0 Å². The number of rotatable bonds is 1. The van der Waals surface area contributed by atoms with Crippen LogP contribution >= 0.6 is 0 Å². The summed E-state index contributed by atoms with van der Waals surface area (Å²) in [5, 5.41) is 0. The van der Waals surface area contributed by atoms with Crippen LogP contribution in [0.3, 0.4) is 0 Å². The van der Waals surface area contributed by atoms with Crippen molar-refractivity contribution in [1.82, 2.24) is 0 Å². The first-order valence-electron chi connectivity index (χ1n) is 2.77. The molecule has 1 rings (SSSR count). The zero-order chi connectivity index (χ0) is 7.56. The van der Waals surface area contributed by atoms with Crippen LogP contribution in [-0.2, 0) is 3.02 Å². The molecule has 0 radical (unpaired) electrons. The van der Waals surface area contributed by atoms with E-state index < -0.39 is 20.6 Å². The zero-order valence-electron chi connectivity index (χ0n) is 6.20. The predicted molar refractivity (Wildman–Crippen MR) is 38.3 cm³/mol. The molecule has 0 aliphatic rings. The normalized spacial score (nSPS) is 11.7. The zero-order valence-corrected chi connectivity index (χ0v) is 11.1. The first kappa shape index (κ1) is 11.6. The van der Waals surface area contributed by atoms with E-state index >= 15 is 0 Å². The Morgan fingerprint density at radius 1 is 1.27 bits per heavy atom. The number of hydrogen-bond acceptors (Lipinski definition) is 3. The van der Waals surface area contributed by atoms with Crippen molar-refractivity contribution in [2.75, 3.05) is 5.73 Å². The molecule has 2 N–H and O–H groups in total. The Hall–Kier alpha value is 0.598. The molecule has 0 bridgehead atoms. The second-order valence-corrected chi connectivity index (χ2v) is 5.20. The Balaban J connectivity index is 0.000001000. The number of nitrogens with two attached hydrogens (primary N) is 1. The van der Waals surface area contributed by atoms with Gasteiger partial charge in [-0.2, -0.15) is 0 Å². The van der Waals surface area contributed by atoms with Gasteiger partial charge < -0.3 is 0 Å². The van der Waals surface area contributed by atoms with Gasteiger partial charge in [-0.1, -0.05) is 0 Å². The SMILES string of the molecule is Nc1cc[c]([SbH](=[O])[O-])cc1.[Na+]. The van der Waals surface area contributed by atoms with Gasteiger partial charge >= 0.3 is 95.8 Å². The molecular weight excluding hydrogens is 263 g/mol. The van der Waals surface area contributed by atoms with Crippen LogP contribution < -0.4 is 42.2 Å². The van der Waals surface area contributed by atoms with Gasteiger partial charge in [-0.15, -0.1) is 0 Å². The average Bonchev–Trinajstić information content (AvgIpc) is 1.88. The number of hydrogen-bond donors (Lipinski definition) is 1. The molecular formula is C6H7NNaO2Sb. The first-order chi connectivity index (χ1) is 4.70. The molecule has 0 fully saturated rings. The molecule has 1 unspecified atom stereocenters. The van der Waals surface area contributed by atoms with Crippen LogP contribution in [0.5, 0.6) is 0 Å². The maximum Gasteiger partial charge on any atom is 1.00 e. The molecule has 54 valence electrons. The Labute approximate surface area is 94.8 Å². The Bertz CT molecular complexity index is 249. The van der Waals surface area contributed by atoms with E-state index in [-0.39, 0.29) is 29.6 Å². The van der Waals surface area contributed by atoms with Gasteiger partial charge in [-0.05, 0) is 0 Å². The van der Waals surface area contributed by atoms with Gasteiger partial charge in [0.2, 0.25) is 0 Å². The molecule has 0 spiro atoms. The van der Waals surface area contributed by atoms with E-state index in [0.29, 0.717) is 9.20 Å². The van der Waals surface area contributed by atoms with Crippen molar-refractivity contribution in [2.24, 2.45) is 0 Å². The third-order valence-corrected chi connectivity index (χ3v) is 3.44. The van der Waals surface area contributed by atoms with E-state index in [1.54, 1.807) is 12.1 Å². The molecule has 3 nitrogen and oxygen atoms in total.